The Hall–Kier alpha value is -1.63. The van der Waals surface area contributed by atoms with Crippen LogP contribution in [0.25, 0.3) is 10.8 Å². The number of carboxylic acid groups (broad SMARTS) is 1. The molecular weight excluding hydrogens is 338 g/mol. The smallest absolute Gasteiger partial charge is 0.303 e. The van der Waals surface area contributed by atoms with Gasteiger partial charge >= 0.3 is 5.97 Å². The molecule has 5 nitrogen and oxygen atoms in total. The lowest BCUT2D eigenvalue weighted by atomic mass is 10.1. The molecule has 0 aromatic heterocycles. The van der Waals surface area contributed by atoms with Crippen LogP contribution in [0.1, 0.15) is 25.7 Å². The Balaban J connectivity index is 2.06. The molecule has 0 bridgehead atoms. The standard InChI is InChI=1S/C16H18ClNO4S/c17-14-8-4-7-13-12(14)6-5-9-15(13)23(21,22)18-11-3-1-2-10-16(19)20/h4-9,18H,1-3,10-11H2,(H,19,20). The van der Waals surface area contributed by atoms with Gasteiger partial charge in [-0.3, -0.25) is 4.79 Å². The van der Waals surface area contributed by atoms with E-state index in [9.17, 15) is 13.2 Å². The summed E-state index contributed by atoms with van der Waals surface area (Å²) in [5.41, 5.74) is 0. The molecule has 0 aliphatic rings. The number of hydrogen-bond acceptors (Lipinski definition) is 3. The molecule has 2 rings (SSSR count). The molecule has 0 heterocycles. The second kappa shape index (κ2) is 7.77. The topological polar surface area (TPSA) is 83.5 Å². The maximum Gasteiger partial charge on any atom is 0.303 e. The average Bonchev–Trinajstić information content (AvgIpc) is 2.50. The highest BCUT2D eigenvalue weighted by molar-refractivity contribution is 7.89. The van der Waals surface area contributed by atoms with Crippen LogP contribution < -0.4 is 4.72 Å². The van der Waals surface area contributed by atoms with Gasteiger partial charge in [0.1, 0.15) is 0 Å². The quantitative estimate of drug-likeness (QED) is 0.711. The van der Waals surface area contributed by atoms with Gasteiger partial charge in [-0.25, -0.2) is 13.1 Å². The Kier molecular flexibility index (Phi) is 5.98. The summed E-state index contributed by atoms with van der Waals surface area (Å²) in [5.74, 6) is -0.835. The summed E-state index contributed by atoms with van der Waals surface area (Å²) in [5, 5.41) is 10.3. The van der Waals surface area contributed by atoms with E-state index in [4.69, 9.17) is 16.7 Å². The molecule has 2 aromatic rings. The summed E-state index contributed by atoms with van der Waals surface area (Å²) in [6, 6.07) is 10.2. The molecule has 0 fully saturated rings. The minimum absolute atomic E-state index is 0.106. The molecule has 0 unspecified atom stereocenters. The van der Waals surface area contributed by atoms with E-state index in [1.54, 1.807) is 36.4 Å². The number of aliphatic carboxylic acids is 1. The summed E-state index contributed by atoms with van der Waals surface area (Å²) in [6.45, 7) is 0.277. The highest BCUT2D eigenvalue weighted by Crippen LogP contribution is 2.28. The summed E-state index contributed by atoms with van der Waals surface area (Å²) >= 11 is 6.10. The average molecular weight is 356 g/mol. The van der Waals surface area contributed by atoms with E-state index in [1.807, 2.05) is 0 Å². The van der Waals surface area contributed by atoms with E-state index in [0.717, 1.165) is 0 Å². The fourth-order valence-electron chi connectivity index (χ4n) is 2.34. The van der Waals surface area contributed by atoms with Crippen LogP contribution in [0.4, 0.5) is 0 Å². The van der Waals surface area contributed by atoms with Gasteiger partial charge in [-0.15, -0.1) is 0 Å². The number of sulfonamides is 1. The summed E-state index contributed by atoms with van der Waals surface area (Å²) < 4.78 is 27.5. The minimum atomic E-state index is -3.63. The molecule has 2 aromatic carbocycles. The van der Waals surface area contributed by atoms with E-state index in [0.29, 0.717) is 35.1 Å². The van der Waals surface area contributed by atoms with Gasteiger partial charge in [-0.2, -0.15) is 0 Å². The van der Waals surface area contributed by atoms with Crippen molar-refractivity contribution in [3.05, 3.63) is 41.4 Å². The number of carbonyl (C=O) groups is 1. The Labute approximate surface area is 140 Å². The number of unbranched alkanes of at least 4 members (excludes halogenated alkanes) is 2. The maximum atomic E-state index is 12.5. The summed E-state index contributed by atoms with van der Waals surface area (Å²) in [6.07, 6.45) is 1.91. The van der Waals surface area contributed by atoms with E-state index < -0.39 is 16.0 Å². The SMILES string of the molecule is O=C(O)CCCCCNS(=O)(=O)c1cccc2c(Cl)cccc12. The minimum Gasteiger partial charge on any atom is -0.481 e. The Morgan fingerprint density at radius 1 is 1.04 bits per heavy atom. The monoisotopic (exact) mass is 355 g/mol. The molecule has 0 amide bonds. The maximum absolute atomic E-state index is 12.5. The normalized spacial score (nSPS) is 11.7. The molecule has 0 aliphatic heterocycles. The van der Waals surface area contributed by atoms with Crippen molar-refractivity contribution in [1.29, 1.82) is 0 Å². The first kappa shape index (κ1) is 17.7. The van der Waals surface area contributed by atoms with Gasteiger partial charge in [-0.1, -0.05) is 42.3 Å². The fraction of sp³-hybridized carbons (Fsp3) is 0.312. The van der Waals surface area contributed by atoms with Crippen molar-refractivity contribution < 1.29 is 18.3 Å². The van der Waals surface area contributed by atoms with E-state index in [2.05, 4.69) is 4.72 Å². The van der Waals surface area contributed by atoms with Crippen LogP contribution >= 0.6 is 11.6 Å². The van der Waals surface area contributed by atoms with Crippen LogP contribution in [-0.2, 0) is 14.8 Å². The lowest BCUT2D eigenvalue weighted by molar-refractivity contribution is -0.137. The first-order valence-electron chi connectivity index (χ1n) is 7.30. The Bertz CT molecular complexity index is 805. The number of carboxylic acids is 1. The molecule has 0 spiro atoms. The van der Waals surface area contributed by atoms with Crippen LogP contribution in [0.5, 0.6) is 0 Å². The lowest BCUT2D eigenvalue weighted by Gasteiger charge is -2.10. The number of hydrogen-bond donors (Lipinski definition) is 2. The van der Waals surface area contributed by atoms with Crippen molar-refractivity contribution in [2.75, 3.05) is 6.54 Å². The zero-order valence-corrected chi connectivity index (χ0v) is 14.0. The van der Waals surface area contributed by atoms with Crippen LogP contribution in [0, 0.1) is 0 Å². The zero-order chi connectivity index (χ0) is 16.9. The van der Waals surface area contributed by atoms with Crippen molar-refractivity contribution in [3.8, 4) is 0 Å². The van der Waals surface area contributed by atoms with Gasteiger partial charge in [0.25, 0.3) is 0 Å². The van der Waals surface area contributed by atoms with Crippen molar-refractivity contribution in [1.82, 2.24) is 4.72 Å². The van der Waals surface area contributed by atoms with Crippen LogP contribution in [0.15, 0.2) is 41.3 Å². The first-order valence-corrected chi connectivity index (χ1v) is 9.16. The predicted octanol–water partition coefficient (Wildman–Crippen LogP) is 3.42. The van der Waals surface area contributed by atoms with E-state index in [-0.39, 0.29) is 17.9 Å². The second-order valence-corrected chi connectivity index (χ2v) is 7.34. The third kappa shape index (κ3) is 4.67. The van der Waals surface area contributed by atoms with E-state index in [1.165, 1.54) is 0 Å². The highest BCUT2D eigenvalue weighted by Gasteiger charge is 2.17. The van der Waals surface area contributed by atoms with Gasteiger partial charge < -0.3 is 5.11 Å². The number of nitrogens with one attached hydrogen (secondary N) is 1. The summed E-state index contributed by atoms with van der Waals surface area (Å²) in [4.78, 5) is 10.6. The van der Waals surface area contributed by atoms with Crippen LogP contribution in [0.2, 0.25) is 5.02 Å². The Morgan fingerprint density at radius 3 is 2.48 bits per heavy atom. The molecule has 23 heavy (non-hydrogen) atoms. The molecule has 7 heteroatoms. The van der Waals surface area contributed by atoms with Gasteiger partial charge in [0.05, 0.1) is 4.90 Å². The highest BCUT2D eigenvalue weighted by atomic mass is 35.5. The van der Waals surface area contributed by atoms with E-state index >= 15 is 0 Å². The third-order valence-corrected chi connectivity index (χ3v) is 5.33. The molecule has 0 saturated carbocycles. The zero-order valence-electron chi connectivity index (χ0n) is 12.5. The van der Waals surface area contributed by atoms with Crippen molar-refractivity contribution in [3.63, 3.8) is 0 Å². The second-order valence-electron chi connectivity index (χ2n) is 5.19. The largest absolute Gasteiger partial charge is 0.481 e. The fourth-order valence-corrected chi connectivity index (χ4v) is 3.87. The van der Waals surface area contributed by atoms with Gasteiger partial charge in [0.2, 0.25) is 10.0 Å². The molecule has 0 atom stereocenters. The molecule has 0 saturated heterocycles. The third-order valence-electron chi connectivity index (χ3n) is 3.48. The molecule has 0 radical (unpaired) electrons. The number of rotatable bonds is 8. The van der Waals surface area contributed by atoms with Gasteiger partial charge in [0, 0.05) is 28.8 Å². The van der Waals surface area contributed by atoms with Crippen LogP contribution in [0.3, 0.4) is 0 Å². The summed E-state index contributed by atoms with van der Waals surface area (Å²) in [7, 11) is -3.63. The van der Waals surface area contributed by atoms with Gasteiger partial charge in [-0.05, 0) is 25.0 Å². The predicted molar refractivity (Wildman–Crippen MR) is 90.3 cm³/mol. The number of benzene rings is 2. The molecule has 2 N–H and O–H groups in total. The molecule has 0 aliphatic carbocycles. The lowest BCUT2D eigenvalue weighted by Crippen LogP contribution is -2.25. The molecule has 124 valence electrons. The number of fused-ring (bicyclic) bond motifs is 1. The van der Waals surface area contributed by atoms with Crippen molar-refractivity contribution in [2.24, 2.45) is 0 Å². The molecular formula is C16H18ClNO4S. The Morgan fingerprint density at radius 2 is 1.74 bits per heavy atom. The van der Waals surface area contributed by atoms with Crippen molar-refractivity contribution >= 4 is 38.4 Å². The van der Waals surface area contributed by atoms with Crippen molar-refractivity contribution in [2.45, 2.75) is 30.6 Å². The van der Waals surface area contributed by atoms with Gasteiger partial charge in [0.15, 0.2) is 0 Å². The number of halogens is 1. The van der Waals surface area contributed by atoms with Crippen LogP contribution in [-0.4, -0.2) is 26.0 Å². The first-order chi connectivity index (χ1) is 10.9.